The molecule has 3 aliphatic rings. The Kier molecular flexibility index (Phi) is 1.74. The van der Waals surface area contributed by atoms with E-state index in [4.69, 9.17) is 4.74 Å². The molecule has 1 heteroatoms. The van der Waals surface area contributed by atoms with Crippen LogP contribution >= 0.6 is 0 Å². The highest BCUT2D eigenvalue weighted by molar-refractivity contribution is 5.09. The number of epoxide rings is 1. The number of rotatable bonds is 2. The van der Waals surface area contributed by atoms with Gasteiger partial charge in [0.2, 0.25) is 0 Å². The normalized spacial score (nSPS) is 57.7. The zero-order valence-electron chi connectivity index (χ0n) is 8.70. The Labute approximate surface area is 80.8 Å². The molecule has 0 radical (unpaired) electrons. The molecule has 3 fully saturated rings. The van der Waals surface area contributed by atoms with Crippen LogP contribution in [-0.4, -0.2) is 12.2 Å². The summed E-state index contributed by atoms with van der Waals surface area (Å²) in [5, 5.41) is 0. The molecule has 1 heterocycles. The van der Waals surface area contributed by atoms with Crippen molar-refractivity contribution in [2.45, 2.75) is 51.7 Å². The molecule has 6 unspecified atom stereocenters. The smallest absolute Gasteiger partial charge is 0.0875 e. The predicted octanol–water partition coefficient (Wildman–Crippen LogP) is 2.85. The third-order valence-electron chi connectivity index (χ3n) is 4.80. The Balaban J connectivity index is 1.81. The van der Waals surface area contributed by atoms with E-state index >= 15 is 0 Å². The molecule has 0 spiro atoms. The average Bonchev–Trinajstić information content (AvgIpc) is 2.68. The summed E-state index contributed by atoms with van der Waals surface area (Å²) < 4.78 is 5.69. The fourth-order valence-electron chi connectivity index (χ4n) is 4.11. The van der Waals surface area contributed by atoms with Crippen molar-refractivity contribution in [3.05, 3.63) is 0 Å². The minimum Gasteiger partial charge on any atom is -0.369 e. The summed E-state index contributed by atoms with van der Waals surface area (Å²) in [5.74, 6) is 4.03. The summed E-state index contributed by atoms with van der Waals surface area (Å²) in [6.07, 6.45) is 7.06. The summed E-state index contributed by atoms with van der Waals surface area (Å²) >= 11 is 0. The monoisotopic (exact) mass is 180 g/mol. The van der Waals surface area contributed by atoms with Crippen LogP contribution in [0.2, 0.25) is 0 Å². The molecule has 0 N–H and O–H groups in total. The largest absolute Gasteiger partial charge is 0.369 e. The van der Waals surface area contributed by atoms with E-state index in [9.17, 15) is 0 Å². The minimum absolute atomic E-state index is 0.693. The van der Waals surface area contributed by atoms with Gasteiger partial charge in [-0.2, -0.15) is 0 Å². The molecule has 6 atom stereocenters. The van der Waals surface area contributed by atoms with E-state index in [2.05, 4.69) is 13.8 Å². The maximum absolute atomic E-state index is 5.69. The van der Waals surface area contributed by atoms with Gasteiger partial charge in [0.15, 0.2) is 0 Å². The van der Waals surface area contributed by atoms with E-state index in [1.807, 2.05) is 0 Å². The maximum Gasteiger partial charge on any atom is 0.0875 e. The van der Waals surface area contributed by atoms with Gasteiger partial charge >= 0.3 is 0 Å². The highest BCUT2D eigenvalue weighted by Crippen LogP contribution is 2.60. The lowest BCUT2D eigenvalue weighted by atomic mass is 9.87. The number of ether oxygens (including phenoxy) is 1. The summed E-state index contributed by atoms with van der Waals surface area (Å²) in [5.41, 5.74) is 0. The molecule has 1 saturated heterocycles. The first-order valence-electron chi connectivity index (χ1n) is 6.00. The predicted molar refractivity (Wildman–Crippen MR) is 52.4 cm³/mol. The third-order valence-corrected chi connectivity index (χ3v) is 4.80. The molecular weight excluding hydrogens is 160 g/mol. The van der Waals surface area contributed by atoms with E-state index in [0.29, 0.717) is 12.2 Å². The summed E-state index contributed by atoms with van der Waals surface area (Å²) in [6, 6.07) is 0. The van der Waals surface area contributed by atoms with Crippen LogP contribution in [0.1, 0.15) is 39.5 Å². The molecule has 0 aromatic rings. The summed E-state index contributed by atoms with van der Waals surface area (Å²) in [6.45, 7) is 4.72. The van der Waals surface area contributed by atoms with Crippen LogP contribution in [0.25, 0.3) is 0 Å². The Bertz CT molecular complexity index is 213. The molecule has 0 amide bonds. The molecule has 3 rings (SSSR count). The van der Waals surface area contributed by atoms with E-state index in [1.165, 1.54) is 25.7 Å². The van der Waals surface area contributed by atoms with Crippen LogP contribution in [0, 0.1) is 23.7 Å². The van der Waals surface area contributed by atoms with Crippen molar-refractivity contribution >= 4 is 0 Å². The van der Waals surface area contributed by atoms with Crippen molar-refractivity contribution in [2.24, 2.45) is 23.7 Å². The van der Waals surface area contributed by atoms with Crippen LogP contribution in [-0.2, 0) is 4.74 Å². The minimum atomic E-state index is 0.693. The lowest BCUT2D eigenvalue weighted by Crippen LogP contribution is -2.17. The lowest BCUT2D eigenvalue weighted by molar-refractivity contribution is 0.176. The zero-order chi connectivity index (χ0) is 9.00. The van der Waals surface area contributed by atoms with Gasteiger partial charge in [-0.15, -0.1) is 0 Å². The van der Waals surface area contributed by atoms with Crippen molar-refractivity contribution in [1.29, 1.82) is 0 Å². The molecule has 0 bridgehead atoms. The van der Waals surface area contributed by atoms with E-state index in [-0.39, 0.29) is 0 Å². The van der Waals surface area contributed by atoms with Gasteiger partial charge in [-0.05, 0) is 36.5 Å². The van der Waals surface area contributed by atoms with Crippen LogP contribution in [0.4, 0.5) is 0 Å². The molecule has 74 valence electrons. The molecule has 13 heavy (non-hydrogen) atoms. The molecule has 0 aromatic carbocycles. The van der Waals surface area contributed by atoms with Crippen LogP contribution < -0.4 is 0 Å². The van der Waals surface area contributed by atoms with E-state index in [1.54, 1.807) is 0 Å². The quantitative estimate of drug-likeness (QED) is 0.595. The van der Waals surface area contributed by atoms with Crippen molar-refractivity contribution in [3.63, 3.8) is 0 Å². The molecule has 2 aliphatic carbocycles. The highest BCUT2D eigenvalue weighted by atomic mass is 16.6. The third kappa shape index (κ3) is 1.03. The summed E-state index contributed by atoms with van der Waals surface area (Å²) in [7, 11) is 0. The molecule has 2 saturated carbocycles. The molecular formula is C12H20O. The number of fused-ring (bicyclic) bond motifs is 3. The van der Waals surface area contributed by atoms with Gasteiger partial charge in [0.1, 0.15) is 0 Å². The highest BCUT2D eigenvalue weighted by Gasteiger charge is 2.61. The first-order valence-corrected chi connectivity index (χ1v) is 6.00. The maximum atomic E-state index is 5.69. The van der Waals surface area contributed by atoms with E-state index < -0.39 is 0 Å². The van der Waals surface area contributed by atoms with Gasteiger partial charge in [-0.1, -0.05) is 26.7 Å². The second-order valence-corrected chi connectivity index (χ2v) is 5.19. The Morgan fingerprint density at radius 2 is 1.85 bits per heavy atom. The van der Waals surface area contributed by atoms with Gasteiger partial charge in [-0.3, -0.25) is 0 Å². The van der Waals surface area contributed by atoms with Crippen molar-refractivity contribution in [3.8, 4) is 0 Å². The Morgan fingerprint density at radius 3 is 2.54 bits per heavy atom. The second-order valence-electron chi connectivity index (χ2n) is 5.19. The zero-order valence-corrected chi connectivity index (χ0v) is 8.70. The molecule has 1 nitrogen and oxygen atoms in total. The summed E-state index contributed by atoms with van der Waals surface area (Å²) in [4.78, 5) is 0. The topological polar surface area (TPSA) is 12.5 Å². The first kappa shape index (κ1) is 8.28. The van der Waals surface area contributed by atoms with Gasteiger partial charge in [0.25, 0.3) is 0 Å². The second kappa shape index (κ2) is 2.73. The number of hydrogen-bond donors (Lipinski definition) is 0. The van der Waals surface area contributed by atoms with Crippen LogP contribution in [0.3, 0.4) is 0 Å². The SMILES string of the molecule is CCC1CC(CC)C2C1CC1OC12. The lowest BCUT2D eigenvalue weighted by Gasteiger charge is -2.19. The van der Waals surface area contributed by atoms with E-state index in [0.717, 1.165) is 23.7 Å². The first-order chi connectivity index (χ1) is 6.35. The van der Waals surface area contributed by atoms with Crippen LogP contribution in [0.5, 0.6) is 0 Å². The Hall–Kier alpha value is -0.0400. The van der Waals surface area contributed by atoms with Gasteiger partial charge in [0.05, 0.1) is 12.2 Å². The average molecular weight is 180 g/mol. The van der Waals surface area contributed by atoms with Crippen LogP contribution in [0.15, 0.2) is 0 Å². The van der Waals surface area contributed by atoms with Gasteiger partial charge < -0.3 is 4.74 Å². The molecule has 0 aromatic heterocycles. The van der Waals surface area contributed by atoms with Crippen molar-refractivity contribution in [2.75, 3.05) is 0 Å². The van der Waals surface area contributed by atoms with Gasteiger partial charge in [-0.25, -0.2) is 0 Å². The van der Waals surface area contributed by atoms with Gasteiger partial charge in [0, 0.05) is 0 Å². The number of hydrogen-bond acceptors (Lipinski definition) is 1. The van der Waals surface area contributed by atoms with Crippen molar-refractivity contribution in [1.82, 2.24) is 0 Å². The fourth-order valence-corrected chi connectivity index (χ4v) is 4.11. The fraction of sp³-hybridized carbons (Fsp3) is 1.00. The standard InChI is InChI=1S/C12H20O/c1-3-7-5-8(4-2)11-9(7)6-10-12(11)13-10/h7-12H,3-6H2,1-2H3. The molecule has 1 aliphatic heterocycles. The Morgan fingerprint density at radius 1 is 1.08 bits per heavy atom. The van der Waals surface area contributed by atoms with Crippen molar-refractivity contribution < 1.29 is 4.74 Å².